The Labute approximate surface area is 497 Å². The van der Waals surface area contributed by atoms with E-state index in [0.29, 0.717) is 19.3 Å². The molecule has 0 spiro atoms. The van der Waals surface area contributed by atoms with Crippen LogP contribution in [0.3, 0.4) is 0 Å². The number of ether oxygens (including phenoxy) is 3. The number of esters is 3. The van der Waals surface area contributed by atoms with Crippen molar-refractivity contribution in [2.75, 3.05) is 13.2 Å². The maximum absolute atomic E-state index is 12.9. The molecule has 0 aliphatic heterocycles. The van der Waals surface area contributed by atoms with Crippen molar-refractivity contribution in [3.05, 3.63) is 72.9 Å². The van der Waals surface area contributed by atoms with Crippen LogP contribution in [-0.4, -0.2) is 37.2 Å². The van der Waals surface area contributed by atoms with Gasteiger partial charge in [0, 0.05) is 19.3 Å². The fraction of sp³-hybridized carbons (Fsp3) is 0.797. The summed E-state index contributed by atoms with van der Waals surface area (Å²) in [6, 6.07) is 0. The van der Waals surface area contributed by atoms with Gasteiger partial charge in [-0.2, -0.15) is 0 Å². The smallest absolute Gasteiger partial charge is 0.306 e. The zero-order valence-electron chi connectivity index (χ0n) is 53.3. The van der Waals surface area contributed by atoms with E-state index in [1.807, 2.05) is 0 Å². The summed E-state index contributed by atoms with van der Waals surface area (Å²) in [7, 11) is 0. The van der Waals surface area contributed by atoms with Crippen LogP contribution in [0, 0.1) is 0 Å². The molecule has 0 aromatic rings. The number of rotatable bonds is 64. The summed E-state index contributed by atoms with van der Waals surface area (Å²) in [4.78, 5) is 38.3. The largest absolute Gasteiger partial charge is 0.462 e. The predicted octanol–water partition coefficient (Wildman–Crippen LogP) is 24.1. The number of allylic oxidation sites excluding steroid dienone is 12. The van der Waals surface area contributed by atoms with Crippen molar-refractivity contribution >= 4 is 17.9 Å². The predicted molar refractivity (Wildman–Crippen MR) is 348 cm³/mol. The molecule has 0 amide bonds. The molecule has 0 N–H and O–H groups in total. The lowest BCUT2D eigenvalue weighted by molar-refractivity contribution is -0.167. The fourth-order valence-electron chi connectivity index (χ4n) is 10.1. The molecule has 1 unspecified atom stereocenters. The molecule has 0 aromatic heterocycles. The Hall–Kier alpha value is -3.15. The number of hydrogen-bond donors (Lipinski definition) is 0. The normalized spacial score (nSPS) is 12.5. The van der Waals surface area contributed by atoms with E-state index in [4.69, 9.17) is 14.2 Å². The highest BCUT2D eigenvalue weighted by Crippen LogP contribution is 2.17. The second-order valence-electron chi connectivity index (χ2n) is 23.4. The van der Waals surface area contributed by atoms with E-state index < -0.39 is 6.10 Å². The van der Waals surface area contributed by atoms with Crippen molar-refractivity contribution in [3.8, 4) is 0 Å². The molecule has 0 bridgehead atoms. The summed E-state index contributed by atoms with van der Waals surface area (Å²) in [6.07, 6.45) is 89.4. The van der Waals surface area contributed by atoms with Gasteiger partial charge < -0.3 is 14.2 Å². The lowest BCUT2D eigenvalue weighted by Gasteiger charge is -2.18. The van der Waals surface area contributed by atoms with Crippen molar-refractivity contribution in [3.63, 3.8) is 0 Å². The molecule has 6 nitrogen and oxygen atoms in total. The minimum Gasteiger partial charge on any atom is -0.462 e. The Morgan fingerprint density at radius 2 is 0.475 bits per heavy atom. The third-order valence-electron chi connectivity index (χ3n) is 15.4. The lowest BCUT2D eigenvalue weighted by Crippen LogP contribution is -2.30. The van der Waals surface area contributed by atoms with Gasteiger partial charge in [0.05, 0.1) is 0 Å². The maximum Gasteiger partial charge on any atom is 0.306 e. The fourth-order valence-corrected chi connectivity index (χ4v) is 10.1. The van der Waals surface area contributed by atoms with E-state index >= 15 is 0 Å². The van der Waals surface area contributed by atoms with Crippen LogP contribution >= 0.6 is 0 Å². The molecule has 80 heavy (non-hydrogen) atoms. The molecule has 1 atom stereocenters. The molecule has 0 aliphatic carbocycles. The quantitative estimate of drug-likeness (QED) is 0.0261. The van der Waals surface area contributed by atoms with Gasteiger partial charge in [-0.25, -0.2) is 0 Å². The average Bonchev–Trinajstić information content (AvgIpc) is 3.46. The van der Waals surface area contributed by atoms with E-state index in [-0.39, 0.29) is 31.1 Å². The van der Waals surface area contributed by atoms with E-state index in [0.717, 1.165) is 89.9 Å². The summed E-state index contributed by atoms with van der Waals surface area (Å²) in [6.45, 7) is 6.59. The molecule has 0 aliphatic rings. The Balaban J connectivity index is 4.19. The third kappa shape index (κ3) is 65.7. The second-order valence-corrected chi connectivity index (χ2v) is 23.4. The van der Waals surface area contributed by atoms with Gasteiger partial charge in [0.2, 0.25) is 0 Å². The lowest BCUT2D eigenvalue weighted by atomic mass is 10.0. The number of unbranched alkanes of at least 4 members (excludes halogenated alkanes) is 41. The molecule has 0 fully saturated rings. The van der Waals surface area contributed by atoms with Gasteiger partial charge >= 0.3 is 17.9 Å². The van der Waals surface area contributed by atoms with Gasteiger partial charge in [-0.15, -0.1) is 0 Å². The van der Waals surface area contributed by atoms with Crippen LogP contribution in [0.2, 0.25) is 0 Å². The molecule has 6 heteroatoms. The van der Waals surface area contributed by atoms with Crippen LogP contribution < -0.4 is 0 Å². The second kappa shape index (κ2) is 68.3. The van der Waals surface area contributed by atoms with Gasteiger partial charge in [0.15, 0.2) is 6.10 Å². The monoisotopic (exact) mass is 1120 g/mol. The summed E-state index contributed by atoms with van der Waals surface area (Å²) < 4.78 is 16.9. The van der Waals surface area contributed by atoms with Crippen molar-refractivity contribution in [1.29, 1.82) is 0 Å². The van der Waals surface area contributed by atoms with Gasteiger partial charge in [-0.3, -0.25) is 14.4 Å². The van der Waals surface area contributed by atoms with Crippen LogP contribution in [0.4, 0.5) is 0 Å². The zero-order valence-corrected chi connectivity index (χ0v) is 53.3. The number of carbonyl (C=O) groups is 3. The van der Waals surface area contributed by atoms with Crippen molar-refractivity contribution < 1.29 is 28.6 Å². The highest BCUT2D eigenvalue weighted by atomic mass is 16.6. The Morgan fingerprint density at radius 3 is 0.762 bits per heavy atom. The van der Waals surface area contributed by atoms with E-state index in [1.54, 1.807) is 0 Å². The SMILES string of the molecule is CCC/C=C\CCCCCCCC(=O)OCC(COC(=O)CCCCCCCCCCCCCCCCC/C=C\C/C=C\CCCCCCC)OC(=O)CCCCCCCCCCCC/C=C\C/C=C\C/C=C\CCCCCCC. The van der Waals surface area contributed by atoms with Crippen LogP contribution in [0.5, 0.6) is 0 Å². The first-order chi connectivity index (χ1) is 39.5. The zero-order chi connectivity index (χ0) is 57.8. The Bertz CT molecular complexity index is 1470. The molecule has 0 rings (SSSR count). The molecule has 0 radical (unpaired) electrons. The van der Waals surface area contributed by atoms with Crippen molar-refractivity contribution in [2.24, 2.45) is 0 Å². The third-order valence-corrected chi connectivity index (χ3v) is 15.4. The number of carbonyl (C=O) groups excluding carboxylic acids is 3. The highest BCUT2D eigenvalue weighted by molar-refractivity contribution is 5.71. The van der Waals surface area contributed by atoms with Crippen molar-refractivity contribution in [2.45, 2.75) is 367 Å². The summed E-state index contributed by atoms with van der Waals surface area (Å²) in [5.74, 6) is -0.876. The van der Waals surface area contributed by atoms with E-state index in [1.165, 1.54) is 231 Å². The molecule has 0 heterocycles. The van der Waals surface area contributed by atoms with Crippen LogP contribution in [0.15, 0.2) is 72.9 Å². The summed E-state index contributed by atoms with van der Waals surface area (Å²) >= 11 is 0. The Kier molecular flexibility index (Phi) is 65.7. The molecule has 0 saturated heterocycles. The highest BCUT2D eigenvalue weighted by Gasteiger charge is 2.19. The molecule has 464 valence electrons. The molecule has 0 aromatic carbocycles. The first-order valence-electron chi connectivity index (χ1n) is 34.9. The standard InChI is InChI=1S/C74H132O6/c1-4-7-10-13-16-19-22-24-26-28-30-32-34-36-37-39-40-42-44-46-48-50-52-55-58-61-64-67-73(76)79-70-71(69-78-72(75)66-63-60-57-54-21-18-15-12-9-6-3)80-74(77)68-65-62-59-56-53-51-49-47-45-43-41-38-35-33-31-29-27-25-23-20-17-14-11-8-5-2/h12,15,22-25,28-31,35,38,71H,4-11,13-14,16-21,26-27,32-34,36-37,39-70H2,1-3H3/b15-12-,24-22-,25-23-,30-28-,31-29-,38-35-. The minimum atomic E-state index is -0.781. The first kappa shape index (κ1) is 76.9. The van der Waals surface area contributed by atoms with Gasteiger partial charge in [-0.05, 0) is 109 Å². The average molecular weight is 1120 g/mol. The molecule has 0 saturated carbocycles. The van der Waals surface area contributed by atoms with Crippen molar-refractivity contribution in [1.82, 2.24) is 0 Å². The number of hydrogen-bond acceptors (Lipinski definition) is 6. The van der Waals surface area contributed by atoms with E-state index in [9.17, 15) is 14.4 Å². The van der Waals surface area contributed by atoms with Gasteiger partial charge in [0.1, 0.15) is 13.2 Å². The first-order valence-corrected chi connectivity index (χ1v) is 34.9. The summed E-state index contributed by atoms with van der Waals surface area (Å²) in [5, 5.41) is 0. The summed E-state index contributed by atoms with van der Waals surface area (Å²) in [5.41, 5.74) is 0. The Morgan fingerprint density at radius 1 is 0.250 bits per heavy atom. The van der Waals surface area contributed by atoms with E-state index in [2.05, 4.69) is 93.7 Å². The molecular formula is C74H132O6. The van der Waals surface area contributed by atoms with Gasteiger partial charge in [-0.1, -0.05) is 306 Å². The van der Waals surface area contributed by atoms with Crippen LogP contribution in [0.1, 0.15) is 361 Å². The maximum atomic E-state index is 12.9. The molecular weight excluding hydrogens is 985 g/mol. The van der Waals surface area contributed by atoms with Crippen LogP contribution in [-0.2, 0) is 28.6 Å². The van der Waals surface area contributed by atoms with Gasteiger partial charge in [0.25, 0.3) is 0 Å². The minimum absolute atomic E-state index is 0.0772. The van der Waals surface area contributed by atoms with Crippen LogP contribution in [0.25, 0.3) is 0 Å². The topological polar surface area (TPSA) is 78.9 Å².